The molecule has 0 radical (unpaired) electrons. The van der Waals surface area contributed by atoms with Gasteiger partial charge >= 0.3 is 0 Å². The van der Waals surface area contributed by atoms with Crippen molar-refractivity contribution in [2.45, 2.75) is 33.1 Å². The molecule has 0 saturated heterocycles. The van der Waals surface area contributed by atoms with Crippen molar-refractivity contribution in [1.29, 1.82) is 0 Å². The average Bonchev–Trinajstić information content (AvgIpc) is 2.84. The van der Waals surface area contributed by atoms with Crippen molar-refractivity contribution >= 4 is 76.5 Å². The van der Waals surface area contributed by atoms with E-state index in [0.29, 0.717) is 42.7 Å². The van der Waals surface area contributed by atoms with Gasteiger partial charge in [-0.05, 0) is 86.8 Å². The first-order valence-electron chi connectivity index (χ1n) is 11.7. The maximum absolute atomic E-state index is 13.4. The van der Waals surface area contributed by atoms with E-state index >= 15 is 0 Å². The molecule has 0 atom stereocenters. The topological polar surface area (TPSA) is 85.6 Å². The van der Waals surface area contributed by atoms with Gasteiger partial charge in [0.05, 0.1) is 26.1 Å². The van der Waals surface area contributed by atoms with Gasteiger partial charge in [-0.3, -0.25) is 9.59 Å². The average molecular weight is 705 g/mol. The van der Waals surface area contributed by atoms with Crippen LogP contribution >= 0.6 is 47.8 Å². The molecule has 1 aromatic heterocycles. The van der Waals surface area contributed by atoms with Crippen LogP contribution in [0.2, 0.25) is 0 Å². The van der Waals surface area contributed by atoms with Gasteiger partial charge in [-0.1, -0.05) is 54.4 Å². The normalized spacial score (nSPS) is 11.8. The highest BCUT2D eigenvalue weighted by Crippen LogP contribution is 2.34. The minimum atomic E-state index is -0.421. The molecule has 0 unspecified atom stereocenters. The number of ether oxygens (including phenoxy) is 1. The lowest BCUT2D eigenvalue weighted by atomic mass is 9.95. The Kier molecular flexibility index (Phi) is 8.54. The molecule has 4 aromatic rings. The van der Waals surface area contributed by atoms with Gasteiger partial charge in [0, 0.05) is 15.6 Å². The number of carbonyl (C=O) groups excluding carboxylic acids is 1. The van der Waals surface area contributed by atoms with E-state index in [2.05, 4.69) is 58.2 Å². The summed E-state index contributed by atoms with van der Waals surface area (Å²) in [6, 6.07) is 16.6. The van der Waals surface area contributed by atoms with Crippen LogP contribution in [0, 0.1) is 6.92 Å². The highest BCUT2D eigenvalue weighted by Gasteiger charge is 2.23. The number of anilines is 1. The third-order valence-corrected chi connectivity index (χ3v) is 7.18. The van der Waals surface area contributed by atoms with Gasteiger partial charge in [0.25, 0.3) is 11.5 Å². The lowest BCUT2D eigenvalue weighted by Crippen LogP contribution is -2.29. The Balaban J connectivity index is 1.58. The molecule has 0 spiro atoms. The molecule has 38 heavy (non-hydrogen) atoms. The smallest absolute Gasteiger partial charge is 0.282 e. The van der Waals surface area contributed by atoms with E-state index < -0.39 is 5.41 Å². The summed E-state index contributed by atoms with van der Waals surface area (Å²) in [5.74, 6) is 0.750. The predicted molar refractivity (Wildman–Crippen MR) is 163 cm³/mol. The second kappa shape index (κ2) is 11.5. The number of halogens is 3. The van der Waals surface area contributed by atoms with Crippen LogP contribution in [0.25, 0.3) is 10.9 Å². The van der Waals surface area contributed by atoms with E-state index in [0.717, 1.165) is 10.0 Å². The van der Waals surface area contributed by atoms with E-state index in [-0.39, 0.29) is 18.1 Å². The van der Waals surface area contributed by atoms with Gasteiger partial charge in [-0.25, -0.2) is 4.98 Å². The Morgan fingerprint density at radius 2 is 1.71 bits per heavy atom. The number of hydrogen-bond donors (Lipinski definition) is 1. The molecule has 0 bridgehead atoms. The second-order valence-electron chi connectivity index (χ2n) is 9.72. The van der Waals surface area contributed by atoms with Crippen molar-refractivity contribution in [1.82, 2.24) is 9.66 Å². The van der Waals surface area contributed by atoms with E-state index in [1.807, 2.05) is 64.1 Å². The molecule has 196 valence electrons. The summed E-state index contributed by atoms with van der Waals surface area (Å²) in [6.45, 7) is 7.78. The number of fused-ring (bicyclic) bond motifs is 1. The molecule has 4 rings (SSSR count). The van der Waals surface area contributed by atoms with E-state index in [4.69, 9.17) is 9.72 Å². The van der Waals surface area contributed by atoms with Gasteiger partial charge in [0.15, 0.2) is 6.61 Å². The van der Waals surface area contributed by atoms with Crippen molar-refractivity contribution in [3.8, 4) is 5.75 Å². The molecule has 1 heterocycles. The standard InChI is InChI=1S/C28H25Br3N4O3/c1-16-5-8-19(9-6-16)33-24(36)15-38-25-21(30)11-17(12-22(25)31)14-32-35-26(37)20-13-18(29)7-10-23(20)34-27(35)28(2,3)4/h5-14H,15H2,1-4H3,(H,33,36). The fourth-order valence-corrected chi connectivity index (χ4v) is 5.44. The third kappa shape index (κ3) is 6.59. The molecule has 1 amide bonds. The Hall–Kier alpha value is -2.82. The van der Waals surface area contributed by atoms with Crippen LogP contribution in [-0.2, 0) is 10.2 Å². The molecule has 0 aliphatic carbocycles. The molecule has 0 saturated carbocycles. The Morgan fingerprint density at radius 1 is 1.05 bits per heavy atom. The van der Waals surface area contributed by atoms with Crippen molar-refractivity contribution < 1.29 is 9.53 Å². The summed E-state index contributed by atoms with van der Waals surface area (Å²) >= 11 is 10.5. The molecule has 7 nitrogen and oxygen atoms in total. The summed E-state index contributed by atoms with van der Waals surface area (Å²) in [5, 5.41) is 7.80. The number of nitrogens with zero attached hydrogens (tertiary/aromatic N) is 3. The largest absolute Gasteiger partial charge is 0.481 e. The lowest BCUT2D eigenvalue weighted by Gasteiger charge is -2.21. The monoisotopic (exact) mass is 702 g/mol. The number of carbonyl (C=O) groups is 1. The van der Waals surface area contributed by atoms with Gasteiger partial charge in [-0.15, -0.1) is 0 Å². The molecule has 1 N–H and O–H groups in total. The van der Waals surface area contributed by atoms with Crippen LogP contribution in [0.15, 0.2) is 77.9 Å². The number of benzene rings is 3. The summed E-state index contributed by atoms with van der Waals surface area (Å²) < 4.78 is 9.15. The number of amides is 1. The number of aromatic nitrogens is 2. The van der Waals surface area contributed by atoms with Gasteiger partial charge in [-0.2, -0.15) is 9.78 Å². The van der Waals surface area contributed by atoms with Gasteiger partial charge in [0.2, 0.25) is 0 Å². The summed E-state index contributed by atoms with van der Waals surface area (Å²) in [5.41, 5.74) is 2.47. The first-order valence-corrected chi connectivity index (χ1v) is 14.1. The van der Waals surface area contributed by atoms with Gasteiger partial charge in [0.1, 0.15) is 11.6 Å². The van der Waals surface area contributed by atoms with Crippen LogP contribution in [0.1, 0.15) is 37.7 Å². The molecule has 3 aromatic carbocycles. The molecule has 10 heteroatoms. The zero-order valence-electron chi connectivity index (χ0n) is 21.2. The molecule has 0 aliphatic rings. The van der Waals surface area contributed by atoms with Crippen molar-refractivity contribution in [3.05, 3.63) is 95.3 Å². The van der Waals surface area contributed by atoms with E-state index in [9.17, 15) is 9.59 Å². The van der Waals surface area contributed by atoms with E-state index in [1.165, 1.54) is 4.68 Å². The minimum absolute atomic E-state index is 0.166. The first-order chi connectivity index (χ1) is 17.9. The summed E-state index contributed by atoms with van der Waals surface area (Å²) in [4.78, 5) is 30.5. The zero-order chi connectivity index (χ0) is 27.6. The third-order valence-electron chi connectivity index (χ3n) is 5.50. The fraction of sp³-hybridized carbons (Fsp3) is 0.214. The molecule has 0 fully saturated rings. The minimum Gasteiger partial charge on any atom is -0.481 e. The predicted octanol–water partition coefficient (Wildman–Crippen LogP) is 7.19. The fourth-order valence-electron chi connectivity index (χ4n) is 3.63. The Morgan fingerprint density at radius 3 is 2.34 bits per heavy atom. The highest BCUT2D eigenvalue weighted by molar-refractivity contribution is 9.11. The summed E-state index contributed by atoms with van der Waals surface area (Å²) in [7, 11) is 0. The van der Waals surface area contributed by atoms with Gasteiger partial charge < -0.3 is 10.1 Å². The zero-order valence-corrected chi connectivity index (χ0v) is 25.9. The highest BCUT2D eigenvalue weighted by atomic mass is 79.9. The van der Waals surface area contributed by atoms with Crippen LogP contribution < -0.4 is 15.6 Å². The molecular formula is C28H25Br3N4O3. The van der Waals surface area contributed by atoms with Crippen molar-refractivity contribution in [3.63, 3.8) is 0 Å². The maximum atomic E-state index is 13.4. The van der Waals surface area contributed by atoms with Crippen LogP contribution in [0.5, 0.6) is 5.75 Å². The Labute approximate surface area is 245 Å². The SMILES string of the molecule is Cc1ccc(NC(=O)COc2c(Br)cc(C=Nn3c(C(C)(C)C)nc4ccc(Br)cc4c3=O)cc2Br)cc1. The Bertz CT molecular complexity index is 1580. The summed E-state index contributed by atoms with van der Waals surface area (Å²) in [6.07, 6.45) is 1.59. The number of aryl methyl sites for hydroxylation is 1. The first kappa shape index (κ1) is 28.2. The number of nitrogens with one attached hydrogen (secondary N) is 1. The molecule has 0 aliphatic heterocycles. The van der Waals surface area contributed by atoms with Crippen LogP contribution in [0.3, 0.4) is 0 Å². The van der Waals surface area contributed by atoms with Crippen LogP contribution in [0.4, 0.5) is 5.69 Å². The van der Waals surface area contributed by atoms with Crippen LogP contribution in [-0.4, -0.2) is 28.4 Å². The maximum Gasteiger partial charge on any atom is 0.282 e. The lowest BCUT2D eigenvalue weighted by molar-refractivity contribution is -0.118. The van der Waals surface area contributed by atoms with Crippen molar-refractivity contribution in [2.24, 2.45) is 5.10 Å². The van der Waals surface area contributed by atoms with E-state index in [1.54, 1.807) is 24.4 Å². The van der Waals surface area contributed by atoms with Crippen molar-refractivity contribution in [2.75, 3.05) is 11.9 Å². The second-order valence-corrected chi connectivity index (χ2v) is 12.3. The number of hydrogen-bond acceptors (Lipinski definition) is 5. The number of rotatable bonds is 6. The quantitative estimate of drug-likeness (QED) is 0.216. The molecular weight excluding hydrogens is 680 g/mol.